The Morgan fingerprint density at radius 1 is 0.963 bits per heavy atom. The van der Waals surface area contributed by atoms with Gasteiger partial charge in [0, 0.05) is 37.4 Å². The molecule has 8 heteroatoms. The van der Waals surface area contributed by atoms with Gasteiger partial charge in [0.05, 0.1) is 10.0 Å². The lowest BCUT2D eigenvalue weighted by Gasteiger charge is -2.37. The summed E-state index contributed by atoms with van der Waals surface area (Å²) in [4.78, 5) is 27.5. The predicted octanol–water partition coefficient (Wildman–Crippen LogP) is 2.47. The molecule has 2 aromatic carbocycles. The molecule has 1 saturated heterocycles. The lowest BCUT2D eigenvalue weighted by Crippen LogP contribution is -2.50. The Kier molecular flexibility index (Phi) is 5.89. The summed E-state index contributed by atoms with van der Waals surface area (Å²) < 4.78 is 0. The zero-order valence-electron chi connectivity index (χ0n) is 14.4. The second kappa shape index (κ2) is 8.17. The first kappa shape index (κ1) is 19.5. The molecule has 3 rings (SSSR count). The van der Waals surface area contributed by atoms with Crippen LogP contribution in [0.3, 0.4) is 0 Å². The van der Waals surface area contributed by atoms with Crippen molar-refractivity contribution in [2.75, 3.05) is 31.1 Å². The van der Waals surface area contributed by atoms with Crippen molar-refractivity contribution < 1.29 is 14.7 Å². The number of benzene rings is 2. The second-order valence-electron chi connectivity index (χ2n) is 6.30. The Morgan fingerprint density at radius 3 is 2.15 bits per heavy atom. The number of rotatable bonds is 4. The molecule has 142 valence electrons. The van der Waals surface area contributed by atoms with E-state index in [4.69, 9.17) is 28.9 Å². The highest BCUT2D eigenvalue weighted by molar-refractivity contribution is 6.42. The van der Waals surface area contributed by atoms with Crippen molar-refractivity contribution in [3.05, 3.63) is 63.6 Å². The second-order valence-corrected chi connectivity index (χ2v) is 7.11. The highest BCUT2D eigenvalue weighted by atomic mass is 35.5. The van der Waals surface area contributed by atoms with Crippen molar-refractivity contribution in [1.82, 2.24) is 4.90 Å². The number of carbonyl (C=O) groups is 2. The van der Waals surface area contributed by atoms with Crippen LogP contribution in [0.1, 0.15) is 22.0 Å². The molecule has 1 unspecified atom stereocenters. The van der Waals surface area contributed by atoms with Gasteiger partial charge in [0.1, 0.15) is 0 Å². The van der Waals surface area contributed by atoms with Crippen molar-refractivity contribution in [2.24, 2.45) is 5.73 Å². The number of hydrogen-bond acceptors (Lipinski definition) is 4. The van der Waals surface area contributed by atoms with Crippen LogP contribution in [0.15, 0.2) is 42.5 Å². The molecule has 0 aromatic heterocycles. The van der Waals surface area contributed by atoms with Crippen molar-refractivity contribution in [3.63, 3.8) is 0 Å². The Labute approximate surface area is 167 Å². The molecule has 1 fully saturated rings. The SMILES string of the molecule is NC(=O)c1ccc(N2CCN(C(=O)C(O)c3ccc(Cl)c(Cl)c3)CC2)cc1. The minimum absolute atomic E-state index is 0.297. The zero-order valence-corrected chi connectivity index (χ0v) is 16.0. The van der Waals surface area contributed by atoms with E-state index in [0.29, 0.717) is 47.4 Å². The van der Waals surface area contributed by atoms with Crippen LogP contribution < -0.4 is 10.6 Å². The first-order valence-corrected chi connectivity index (χ1v) is 9.19. The lowest BCUT2D eigenvalue weighted by atomic mass is 10.1. The minimum atomic E-state index is -1.28. The summed E-state index contributed by atoms with van der Waals surface area (Å²) in [6.07, 6.45) is -1.28. The van der Waals surface area contributed by atoms with E-state index in [1.54, 1.807) is 29.2 Å². The van der Waals surface area contributed by atoms with Crippen LogP contribution in [0.4, 0.5) is 5.69 Å². The third kappa shape index (κ3) is 4.35. The third-order valence-electron chi connectivity index (χ3n) is 4.60. The van der Waals surface area contributed by atoms with Gasteiger partial charge in [-0.3, -0.25) is 9.59 Å². The summed E-state index contributed by atoms with van der Waals surface area (Å²) in [5, 5.41) is 11.0. The maximum Gasteiger partial charge on any atom is 0.256 e. The Bertz CT molecular complexity index is 850. The summed E-state index contributed by atoms with van der Waals surface area (Å²) in [5.74, 6) is -0.828. The zero-order chi connectivity index (χ0) is 19.6. The number of carbonyl (C=O) groups excluding carboxylic acids is 2. The van der Waals surface area contributed by atoms with E-state index < -0.39 is 12.0 Å². The van der Waals surface area contributed by atoms with Crippen LogP contribution in [0, 0.1) is 0 Å². The molecular weight excluding hydrogens is 389 g/mol. The molecule has 0 radical (unpaired) electrons. The van der Waals surface area contributed by atoms with Crippen LogP contribution >= 0.6 is 23.2 Å². The Hall–Kier alpha value is -2.28. The molecule has 6 nitrogen and oxygen atoms in total. The molecule has 0 bridgehead atoms. The van der Waals surface area contributed by atoms with Gasteiger partial charge in [-0.15, -0.1) is 0 Å². The summed E-state index contributed by atoms with van der Waals surface area (Å²) in [7, 11) is 0. The molecule has 1 atom stereocenters. The minimum Gasteiger partial charge on any atom is -0.378 e. The number of piperazine rings is 1. The maximum absolute atomic E-state index is 12.6. The number of nitrogens with zero attached hydrogens (tertiary/aromatic N) is 2. The first-order valence-electron chi connectivity index (χ1n) is 8.43. The van der Waals surface area contributed by atoms with E-state index in [2.05, 4.69) is 4.90 Å². The number of nitrogens with two attached hydrogens (primary N) is 1. The van der Waals surface area contributed by atoms with Gasteiger partial charge in [-0.25, -0.2) is 0 Å². The van der Waals surface area contributed by atoms with Gasteiger partial charge in [0.25, 0.3) is 5.91 Å². The highest BCUT2D eigenvalue weighted by Gasteiger charge is 2.27. The molecule has 0 spiro atoms. The van der Waals surface area contributed by atoms with E-state index in [9.17, 15) is 14.7 Å². The average Bonchev–Trinajstić information content (AvgIpc) is 2.69. The number of aliphatic hydroxyl groups excluding tert-OH is 1. The molecule has 0 aliphatic carbocycles. The summed E-state index contributed by atoms with van der Waals surface area (Å²) in [6.45, 7) is 2.20. The van der Waals surface area contributed by atoms with Gasteiger partial charge < -0.3 is 20.6 Å². The topological polar surface area (TPSA) is 86.9 Å². The number of primary amides is 1. The fraction of sp³-hybridized carbons (Fsp3) is 0.263. The molecule has 27 heavy (non-hydrogen) atoms. The van der Waals surface area contributed by atoms with Crippen LogP contribution in [-0.2, 0) is 4.79 Å². The van der Waals surface area contributed by atoms with Gasteiger partial charge in [-0.05, 0) is 42.0 Å². The average molecular weight is 408 g/mol. The van der Waals surface area contributed by atoms with E-state index in [-0.39, 0.29) is 5.91 Å². The van der Waals surface area contributed by atoms with E-state index in [1.165, 1.54) is 6.07 Å². The molecule has 2 amide bonds. The predicted molar refractivity (Wildman–Crippen MR) is 105 cm³/mol. The van der Waals surface area contributed by atoms with Gasteiger partial charge in [0.2, 0.25) is 5.91 Å². The Morgan fingerprint density at radius 2 is 1.59 bits per heavy atom. The van der Waals surface area contributed by atoms with E-state index >= 15 is 0 Å². The summed E-state index contributed by atoms with van der Waals surface area (Å²) in [6, 6.07) is 11.7. The molecule has 1 aliphatic heterocycles. The summed E-state index contributed by atoms with van der Waals surface area (Å²) in [5.41, 5.74) is 7.08. The van der Waals surface area contributed by atoms with Crippen LogP contribution in [0.5, 0.6) is 0 Å². The number of aliphatic hydroxyl groups is 1. The number of amides is 2. The number of halogens is 2. The normalized spacial score (nSPS) is 15.5. The fourth-order valence-corrected chi connectivity index (χ4v) is 3.33. The maximum atomic E-state index is 12.6. The van der Waals surface area contributed by atoms with Gasteiger partial charge in [0.15, 0.2) is 6.10 Å². The fourth-order valence-electron chi connectivity index (χ4n) is 3.02. The monoisotopic (exact) mass is 407 g/mol. The molecular formula is C19H19Cl2N3O3. The largest absolute Gasteiger partial charge is 0.378 e. The number of hydrogen-bond donors (Lipinski definition) is 2. The van der Waals surface area contributed by atoms with Crippen LogP contribution in [0.2, 0.25) is 10.0 Å². The molecule has 3 N–H and O–H groups in total. The molecule has 2 aromatic rings. The number of anilines is 1. The first-order chi connectivity index (χ1) is 12.9. The van der Waals surface area contributed by atoms with Gasteiger partial charge in [-0.2, -0.15) is 0 Å². The smallest absolute Gasteiger partial charge is 0.256 e. The summed E-state index contributed by atoms with van der Waals surface area (Å²) >= 11 is 11.8. The van der Waals surface area contributed by atoms with Crippen LogP contribution in [0.25, 0.3) is 0 Å². The lowest BCUT2D eigenvalue weighted by molar-refractivity contribution is -0.140. The van der Waals surface area contributed by atoms with Crippen molar-refractivity contribution in [3.8, 4) is 0 Å². The molecule has 1 heterocycles. The quantitative estimate of drug-likeness (QED) is 0.814. The molecule has 1 aliphatic rings. The van der Waals surface area contributed by atoms with E-state index in [1.807, 2.05) is 12.1 Å². The van der Waals surface area contributed by atoms with Crippen molar-refractivity contribution in [1.29, 1.82) is 0 Å². The third-order valence-corrected chi connectivity index (χ3v) is 5.34. The van der Waals surface area contributed by atoms with E-state index in [0.717, 1.165) is 5.69 Å². The Balaban J connectivity index is 1.61. The van der Waals surface area contributed by atoms with Gasteiger partial charge >= 0.3 is 0 Å². The molecule has 0 saturated carbocycles. The standard InChI is InChI=1S/C19H19Cl2N3O3/c20-15-6-3-13(11-16(15)21)17(25)19(27)24-9-7-23(8-10-24)14-4-1-12(2-5-14)18(22)26/h1-6,11,17,25H,7-10H2,(H2,22,26). The van der Waals surface area contributed by atoms with Crippen LogP contribution in [-0.4, -0.2) is 48.0 Å². The van der Waals surface area contributed by atoms with Gasteiger partial charge in [-0.1, -0.05) is 29.3 Å². The van der Waals surface area contributed by atoms with Crippen molar-refractivity contribution >= 4 is 40.7 Å². The van der Waals surface area contributed by atoms with Crippen molar-refractivity contribution in [2.45, 2.75) is 6.10 Å². The highest BCUT2D eigenvalue weighted by Crippen LogP contribution is 2.27.